The van der Waals surface area contributed by atoms with Crippen LogP contribution in [0.4, 0.5) is 0 Å². The van der Waals surface area contributed by atoms with E-state index in [1.165, 1.54) is 0 Å². The molecular formula is C10H15ClN2O2. The van der Waals surface area contributed by atoms with Gasteiger partial charge < -0.3 is 20.9 Å². The molecule has 0 fully saturated rings. The predicted octanol–water partition coefficient (Wildman–Crippen LogP) is 0.838. The van der Waals surface area contributed by atoms with Gasteiger partial charge in [-0.1, -0.05) is 6.07 Å². The van der Waals surface area contributed by atoms with E-state index in [4.69, 9.17) is 20.9 Å². The van der Waals surface area contributed by atoms with Crippen molar-refractivity contribution in [1.82, 2.24) is 0 Å². The summed E-state index contributed by atoms with van der Waals surface area (Å²) >= 11 is 0. The first-order valence-corrected chi connectivity index (χ1v) is 4.66. The van der Waals surface area contributed by atoms with Gasteiger partial charge in [-0.15, -0.1) is 12.4 Å². The first-order chi connectivity index (χ1) is 6.81. The number of rotatable bonds is 2. The van der Waals surface area contributed by atoms with Gasteiger partial charge in [0.1, 0.15) is 13.2 Å². The molecule has 1 aromatic carbocycles. The molecule has 0 radical (unpaired) electrons. The Kier molecular flexibility index (Phi) is 4.20. The first-order valence-electron chi connectivity index (χ1n) is 4.66. The van der Waals surface area contributed by atoms with Gasteiger partial charge in [-0.25, -0.2) is 0 Å². The smallest absolute Gasteiger partial charge is 0.161 e. The van der Waals surface area contributed by atoms with Crippen LogP contribution in [0.25, 0.3) is 0 Å². The third-order valence-corrected chi connectivity index (χ3v) is 2.25. The van der Waals surface area contributed by atoms with Crippen molar-refractivity contribution in [2.75, 3.05) is 19.8 Å². The lowest BCUT2D eigenvalue weighted by Crippen LogP contribution is -2.21. The molecular weight excluding hydrogens is 216 g/mol. The van der Waals surface area contributed by atoms with E-state index < -0.39 is 0 Å². The normalized spacial score (nSPS) is 15.3. The molecule has 0 amide bonds. The third-order valence-electron chi connectivity index (χ3n) is 2.25. The van der Waals surface area contributed by atoms with Crippen LogP contribution >= 0.6 is 12.4 Å². The van der Waals surface area contributed by atoms with E-state index in [0.717, 1.165) is 17.1 Å². The van der Waals surface area contributed by atoms with Crippen molar-refractivity contribution >= 4 is 12.4 Å². The summed E-state index contributed by atoms with van der Waals surface area (Å²) in [6.07, 6.45) is 0. The molecule has 4 N–H and O–H groups in total. The monoisotopic (exact) mass is 230 g/mol. The van der Waals surface area contributed by atoms with Gasteiger partial charge in [0.05, 0.1) is 0 Å². The Morgan fingerprint density at radius 1 is 1.20 bits per heavy atom. The fourth-order valence-electron chi connectivity index (χ4n) is 1.43. The van der Waals surface area contributed by atoms with E-state index in [1.807, 2.05) is 18.2 Å². The van der Waals surface area contributed by atoms with Crippen molar-refractivity contribution < 1.29 is 9.47 Å². The van der Waals surface area contributed by atoms with Gasteiger partial charge in [-0.05, 0) is 17.7 Å². The van der Waals surface area contributed by atoms with Gasteiger partial charge in [-0.3, -0.25) is 0 Å². The Morgan fingerprint density at radius 2 is 1.87 bits per heavy atom. The maximum atomic E-state index is 5.81. The second-order valence-corrected chi connectivity index (χ2v) is 3.25. The SMILES string of the molecule is Cl.NC[C@@H](N)c1ccc2c(c1)OCCO2. The maximum absolute atomic E-state index is 5.81. The second kappa shape index (κ2) is 5.21. The molecule has 5 heteroatoms. The number of benzene rings is 1. The Balaban J connectivity index is 0.00000112. The molecule has 0 saturated carbocycles. The topological polar surface area (TPSA) is 70.5 Å². The Bertz CT molecular complexity index is 333. The van der Waals surface area contributed by atoms with Crippen LogP contribution in [0.2, 0.25) is 0 Å². The molecule has 2 rings (SSSR count). The van der Waals surface area contributed by atoms with Crippen molar-refractivity contribution in [2.24, 2.45) is 11.5 Å². The molecule has 0 aliphatic carbocycles. The van der Waals surface area contributed by atoms with E-state index in [0.29, 0.717) is 19.8 Å². The minimum absolute atomic E-state index is 0. The summed E-state index contributed by atoms with van der Waals surface area (Å²) < 4.78 is 10.8. The first kappa shape index (κ1) is 12.1. The number of hydrogen-bond acceptors (Lipinski definition) is 4. The van der Waals surface area contributed by atoms with Crippen LogP contribution in [-0.2, 0) is 0 Å². The van der Waals surface area contributed by atoms with E-state index in [2.05, 4.69) is 0 Å². The Morgan fingerprint density at radius 3 is 2.53 bits per heavy atom. The van der Waals surface area contributed by atoms with E-state index in [-0.39, 0.29) is 18.4 Å². The number of nitrogens with two attached hydrogens (primary N) is 2. The quantitative estimate of drug-likeness (QED) is 0.790. The molecule has 0 saturated heterocycles. The lowest BCUT2D eigenvalue weighted by atomic mass is 10.1. The number of ether oxygens (including phenoxy) is 2. The largest absolute Gasteiger partial charge is 0.486 e. The summed E-state index contributed by atoms with van der Waals surface area (Å²) in [6.45, 7) is 1.63. The number of fused-ring (bicyclic) bond motifs is 1. The molecule has 0 spiro atoms. The fraction of sp³-hybridized carbons (Fsp3) is 0.400. The fourth-order valence-corrected chi connectivity index (χ4v) is 1.43. The van der Waals surface area contributed by atoms with Crippen LogP contribution < -0.4 is 20.9 Å². The number of halogens is 1. The molecule has 1 aromatic rings. The van der Waals surface area contributed by atoms with Crippen LogP contribution in [0.3, 0.4) is 0 Å². The zero-order chi connectivity index (χ0) is 9.97. The summed E-state index contributed by atoms with van der Waals surface area (Å²) in [4.78, 5) is 0. The molecule has 1 aliphatic heterocycles. The summed E-state index contributed by atoms with van der Waals surface area (Å²) in [5.41, 5.74) is 12.3. The van der Waals surface area contributed by atoms with Crippen molar-refractivity contribution in [3.05, 3.63) is 23.8 Å². The maximum Gasteiger partial charge on any atom is 0.161 e. The molecule has 1 heterocycles. The molecule has 0 unspecified atom stereocenters. The average Bonchev–Trinajstić information content (AvgIpc) is 2.27. The molecule has 0 aromatic heterocycles. The highest BCUT2D eigenvalue weighted by Gasteiger charge is 2.13. The summed E-state index contributed by atoms with van der Waals surface area (Å²) in [7, 11) is 0. The molecule has 0 bridgehead atoms. The van der Waals surface area contributed by atoms with Gasteiger partial charge >= 0.3 is 0 Å². The van der Waals surface area contributed by atoms with Gasteiger partial charge in [-0.2, -0.15) is 0 Å². The minimum Gasteiger partial charge on any atom is -0.486 e. The average molecular weight is 231 g/mol. The van der Waals surface area contributed by atoms with Crippen LogP contribution in [0.5, 0.6) is 11.5 Å². The highest BCUT2D eigenvalue weighted by Crippen LogP contribution is 2.31. The van der Waals surface area contributed by atoms with Gasteiger partial charge in [0.25, 0.3) is 0 Å². The van der Waals surface area contributed by atoms with Crippen molar-refractivity contribution in [3.8, 4) is 11.5 Å². The summed E-state index contributed by atoms with van der Waals surface area (Å²) in [5, 5.41) is 0. The molecule has 1 atom stereocenters. The highest BCUT2D eigenvalue weighted by molar-refractivity contribution is 5.85. The third kappa shape index (κ3) is 2.53. The standard InChI is InChI=1S/C10H14N2O2.ClH/c11-6-8(12)7-1-2-9-10(5-7)14-4-3-13-9;/h1-2,5,8H,3-4,6,11-12H2;1H/t8-;/m1./s1. The molecule has 1 aliphatic rings. The Hall–Kier alpha value is -0.970. The number of hydrogen-bond donors (Lipinski definition) is 2. The van der Waals surface area contributed by atoms with Crippen molar-refractivity contribution in [3.63, 3.8) is 0 Å². The molecule has 4 nitrogen and oxygen atoms in total. The van der Waals surface area contributed by atoms with Crippen LogP contribution in [0, 0.1) is 0 Å². The van der Waals surface area contributed by atoms with Crippen LogP contribution in [0.15, 0.2) is 18.2 Å². The molecule has 84 valence electrons. The van der Waals surface area contributed by atoms with Gasteiger partial charge in [0, 0.05) is 12.6 Å². The zero-order valence-corrected chi connectivity index (χ0v) is 9.13. The minimum atomic E-state index is -0.133. The van der Waals surface area contributed by atoms with E-state index in [1.54, 1.807) is 0 Å². The Labute approximate surface area is 94.9 Å². The van der Waals surface area contributed by atoms with Crippen molar-refractivity contribution in [2.45, 2.75) is 6.04 Å². The van der Waals surface area contributed by atoms with Crippen LogP contribution in [-0.4, -0.2) is 19.8 Å². The second-order valence-electron chi connectivity index (χ2n) is 3.25. The van der Waals surface area contributed by atoms with Crippen LogP contribution in [0.1, 0.15) is 11.6 Å². The zero-order valence-electron chi connectivity index (χ0n) is 8.31. The van der Waals surface area contributed by atoms with Gasteiger partial charge in [0.15, 0.2) is 11.5 Å². The van der Waals surface area contributed by atoms with Gasteiger partial charge in [0.2, 0.25) is 0 Å². The summed E-state index contributed by atoms with van der Waals surface area (Å²) in [5.74, 6) is 1.54. The van der Waals surface area contributed by atoms with E-state index >= 15 is 0 Å². The van der Waals surface area contributed by atoms with E-state index in [9.17, 15) is 0 Å². The highest BCUT2D eigenvalue weighted by atomic mass is 35.5. The summed E-state index contributed by atoms with van der Waals surface area (Å²) in [6, 6.07) is 5.56. The lowest BCUT2D eigenvalue weighted by Gasteiger charge is -2.20. The van der Waals surface area contributed by atoms with Crippen molar-refractivity contribution in [1.29, 1.82) is 0 Å². The predicted molar refractivity (Wildman–Crippen MR) is 60.7 cm³/mol. The lowest BCUT2D eigenvalue weighted by molar-refractivity contribution is 0.171. The molecule has 15 heavy (non-hydrogen) atoms.